The van der Waals surface area contributed by atoms with Crippen LogP contribution < -0.4 is 0 Å². The van der Waals surface area contributed by atoms with E-state index in [4.69, 9.17) is 0 Å². The maximum atomic E-state index is 11.0. The fourth-order valence-corrected chi connectivity index (χ4v) is 3.44. The normalized spacial score (nSPS) is 30.0. The third kappa shape index (κ3) is 1.10. The van der Waals surface area contributed by atoms with Gasteiger partial charge in [-0.25, -0.2) is 0 Å². The molecule has 1 aliphatic carbocycles. The van der Waals surface area contributed by atoms with Gasteiger partial charge in [0.05, 0.1) is 0 Å². The van der Waals surface area contributed by atoms with E-state index in [-0.39, 0.29) is 0 Å². The van der Waals surface area contributed by atoms with Crippen LogP contribution in [-0.4, -0.2) is 10.2 Å². The zero-order valence-electron chi connectivity index (χ0n) is 10.8. The minimum atomic E-state index is -1.18. The molecule has 94 valence electrons. The molecule has 2 heteroatoms. The standard InChI is InChI=1S/C16H18O2/c1-3-15(17)12-9-5-7-11-8-6-10-13(14(11)12)16(15,18)4-2/h5-10,17-18H,3-4H2,1-2H3. The summed E-state index contributed by atoms with van der Waals surface area (Å²) in [5.41, 5.74) is -0.625. The van der Waals surface area contributed by atoms with Gasteiger partial charge in [0.2, 0.25) is 0 Å². The average Bonchev–Trinajstić information content (AvgIpc) is 2.62. The number of aliphatic hydroxyl groups is 2. The molecular formula is C16H18O2. The van der Waals surface area contributed by atoms with Gasteiger partial charge < -0.3 is 10.2 Å². The van der Waals surface area contributed by atoms with Crippen molar-refractivity contribution in [3.63, 3.8) is 0 Å². The van der Waals surface area contributed by atoms with Crippen molar-refractivity contribution < 1.29 is 10.2 Å². The Morgan fingerprint density at radius 2 is 1.28 bits per heavy atom. The van der Waals surface area contributed by atoms with Gasteiger partial charge in [0.15, 0.2) is 0 Å². The van der Waals surface area contributed by atoms with Crippen molar-refractivity contribution in [2.45, 2.75) is 37.9 Å². The second-order valence-corrected chi connectivity index (χ2v) is 5.14. The van der Waals surface area contributed by atoms with E-state index in [1.807, 2.05) is 50.2 Å². The lowest BCUT2D eigenvalue weighted by Crippen LogP contribution is -2.45. The lowest BCUT2D eigenvalue weighted by atomic mass is 9.77. The van der Waals surface area contributed by atoms with Gasteiger partial charge in [-0.15, -0.1) is 0 Å². The molecule has 0 saturated heterocycles. The Labute approximate surface area is 107 Å². The molecule has 0 aromatic heterocycles. The van der Waals surface area contributed by atoms with Crippen LogP contribution in [0.2, 0.25) is 0 Å². The number of hydrogen-bond donors (Lipinski definition) is 2. The highest BCUT2D eigenvalue weighted by atomic mass is 16.4. The second kappa shape index (κ2) is 3.56. The molecule has 0 amide bonds. The van der Waals surface area contributed by atoms with Crippen LogP contribution in [0.3, 0.4) is 0 Å². The summed E-state index contributed by atoms with van der Waals surface area (Å²) in [7, 11) is 0. The maximum absolute atomic E-state index is 11.0. The van der Waals surface area contributed by atoms with Crippen LogP contribution in [0.1, 0.15) is 37.8 Å². The Morgan fingerprint density at radius 3 is 1.67 bits per heavy atom. The lowest BCUT2D eigenvalue weighted by molar-refractivity contribution is -0.162. The molecule has 0 bridgehead atoms. The molecule has 2 nitrogen and oxygen atoms in total. The topological polar surface area (TPSA) is 40.5 Å². The van der Waals surface area contributed by atoms with Crippen LogP contribution in [0.5, 0.6) is 0 Å². The summed E-state index contributed by atoms with van der Waals surface area (Å²) in [5.74, 6) is 0. The summed E-state index contributed by atoms with van der Waals surface area (Å²) in [5, 5.41) is 24.1. The summed E-state index contributed by atoms with van der Waals surface area (Å²) in [6.45, 7) is 3.84. The highest BCUT2D eigenvalue weighted by Gasteiger charge is 2.55. The largest absolute Gasteiger partial charge is 0.382 e. The molecule has 2 aromatic carbocycles. The highest BCUT2D eigenvalue weighted by molar-refractivity contribution is 5.93. The van der Waals surface area contributed by atoms with Crippen molar-refractivity contribution in [3.8, 4) is 0 Å². The molecule has 0 saturated carbocycles. The van der Waals surface area contributed by atoms with Crippen LogP contribution in [0.25, 0.3) is 10.8 Å². The van der Waals surface area contributed by atoms with Crippen LogP contribution in [0.15, 0.2) is 36.4 Å². The van der Waals surface area contributed by atoms with Crippen LogP contribution >= 0.6 is 0 Å². The Balaban J connectivity index is 2.47. The van der Waals surface area contributed by atoms with Crippen molar-refractivity contribution in [3.05, 3.63) is 47.5 Å². The predicted octanol–water partition coefficient (Wildman–Crippen LogP) is 3.05. The van der Waals surface area contributed by atoms with Gasteiger partial charge in [-0.2, -0.15) is 0 Å². The molecule has 2 aromatic rings. The molecule has 0 radical (unpaired) electrons. The molecule has 0 heterocycles. The van der Waals surface area contributed by atoms with Gasteiger partial charge in [-0.3, -0.25) is 0 Å². The molecule has 2 N–H and O–H groups in total. The van der Waals surface area contributed by atoms with Crippen LogP contribution in [0.4, 0.5) is 0 Å². The number of rotatable bonds is 2. The predicted molar refractivity (Wildman–Crippen MR) is 72.3 cm³/mol. The second-order valence-electron chi connectivity index (χ2n) is 5.14. The van der Waals surface area contributed by atoms with Crippen molar-refractivity contribution in [2.75, 3.05) is 0 Å². The molecule has 0 spiro atoms. The van der Waals surface area contributed by atoms with E-state index >= 15 is 0 Å². The van der Waals surface area contributed by atoms with Crippen molar-refractivity contribution >= 4 is 10.8 Å². The van der Waals surface area contributed by atoms with E-state index in [2.05, 4.69) is 0 Å². The summed E-state index contributed by atoms with van der Waals surface area (Å²) in [6, 6.07) is 11.8. The monoisotopic (exact) mass is 242 g/mol. The lowest BCUT2D eigenvalue weighted by Gasteiger charge is -2.38. The first-order chi connectivity index (χ1) is 8.58. The van der Waals surface area contributed by atoms with Crippen molar-refractivity contribution in [1.82, 2.24) is 0 Å². The summed E-state index contributed by atoms with van der Waals surface area (Å²) in [4.78, 5) is 0. The SMILES string of the molecule is CCC1(O)c2cccc3cccc(c23)C1(O)CC. The first-order valence-electron chi connectivity index (χ1n) is 6.56. The van der Waals surface area contributed by atoms with Crippen molar-refractivity contribution in [1.29, 1.82) is 0 Å². The smallest absolute Gasteiger partial charge is 0.123 e. The maximum Gasteiger partial charge on any atom is 0.123 e. The molecule has 1 aliphatic rings. The minimum absolute atomic E-state index is 0.505. The molecule has 0 fully saturated rings. The molecule has 3 rings (SSSR count). The van der Waals surface area contributed by atoms with Gasteiger partial charge in [0.25, 0.3) is 0 Å². The van der Waals surface area contributed by atoms with Crippen molar-refractivity contribution in [2.24, 2.45) is 0 Å². The average molecular weight is 242 g/mol. The fraction of sp³-hybridized carbons (Fsp3) is 0.375. The Kier molecular flexibility index (Phi) is 2.31. The summed E-state index contributed by atoms with van der Waals surface area (Å²) in [6.07, 6.45) is 1.01. The van der Waals surface area contributed by atoms with Gasteiger partial charge in [0, 0.05) is 0 Å². The van der Waals surface area contributed by atoms with E-state index < -0.39 is 11.2 Å². The Morgan fingerprint density at radius 1 is 0.833 bits per heavy atom. The first kappa shape index (κ1) is 11.7. The van der Waals surface area contributed by atoms with E-state index in [1.54, 1.807) is 0 Å². The van der Waals surface area contributed by atoms with E-state index in [9.17, 15) is 10.2 Å². The zero-order valence-corrected chi connectivity index (χ0v) is 10.8. The highest BCUT2D eigenvalue weighted by Crippen LogP contribution is 2.54. The molecule has 0 aliphatic heterocycles. The van der Waals surface area contributed by atoms with E-state index in [0.717, 1.165) is 21.9 Å². The summed E-state index contributed by atoms with van der Waals surface area (Å²) < 4.78 is 0. The Hall–Kier alpha value is -1.38. The van der Waals surface area contributed by atoms with Gasteiger partial charge in [-0.05, 0) is 34.7 Å². The molecule has 2 atom stereocenters. The molecule has 18 heavy (non-hydrogen) atoms. The number of hydrogen-bond acceptors (Lipinski definition) is 2. The molecular weight excluding hydrogens is 224 g/mol. The zero-order chi connectivity index (χ0) is 13.0. The quantitative estimate of drug-likeness (QED) is 0.849. The molecule has 2 unspecified atom stereocenters. The van der Waals surface area contributed by atoms with Gasteiger partial charge >= 0.3 is 0 Å². The number of benzene rings is 2. The fourth-order valence-electron chi connectivity index (χ4n) is 3.44. The van der Waals surface area contributed by atoms with Crippen LogP contribution in [-0.2, 0) is 11.2 Å². The summed E-state index contributed by atoms with van der Waals surface area (Å²) >= 11 is 0. The first-order valence-corrected chi connectivity index (χ1v) is 6.56. The minimum Gasteiger partial charge on any atom is -0.382 e. The third-order valence-electron chi connectivity index (χ3n) is 4.50. The third-order valence-corrected chi connectivity index (χ3v) is 4.50. The van der Waals surface area contributed by atoms with E-state index in [0.29, 0.717) is 12.8 Å². The van der Waals surface area contributed by atoms with Gasteiger partial charge in [-0.1, -0.05) is 50.2 Å². The van der Waals surface area contributed by atoms with Crippen LogP contribution in [0, 0.1) is 0 Å². The van der Waals surface area contributed by atoms with E-state index in [1.165, 1.54) is 0 Å². The Bertz CT molecular complexity index is 569. The van der Waals surface area contributed by atoms with Gasteiger partial charge in [0.1, 0.15) is 11.2 Å².